The fraction of sp³-hybridized carbons (Fsp3) is 0.125. The van der Waals surface area contributed by atoms with E-state index in [1.165, 1.54) is 12.1 Å². The van der Waals surface area contributed by atoms with Crippen molar-refractivity contribution in [1.82, 2.24) is 9.55 Å². The number of amides is 1. The van der Waals surface area contributed by atoms with E-state index in [0.29, 0.717) is 11.3 Å². The van der Waals surface area contributed by atoms with E-state index in [1.807, 2.05) is 29.8 Å². The first-order chi connectivity index (χ1) is 10.1. The zero-order valence-corrected chi connectivity index (χ0v) is 11.5. The van der Waals surface area contributed by atoms with Crippen LogP contribution in [-0.2, 0) is 18.3 Å². The van der Waals surface area contributed by atoms with Crippen LogP contribution < -0.4 is 5.32 Å². The van der Waals surface area contributed by atoms with Gasteiger partial charge in [-0.3, -0.25) is 4.79 Å². The van der Waals surface area contributed by atoms with Gasteiger partial charge in [0.1, 0.15) is 5.82 Å². The van der Waals surface area contributed by atoms with E-state index in [4.69, 9.17) is 0 Å². The number of carbonyl (C=O) groups is 1. The van der Waals surface area contributed by atoms with E-state index in [-0.39, 0.29) is 18.1 Å². The first kappa shape index (κ1) is 13.3. The van der Waals surface area contributed by atoms with Crippen LogP contribution in [0.4, 0.5) is 10.1 Å². The second kappa shape index (κ2) is 5.36. The van der Waals surface area contributed by atoms with Crippen LogP contribution in [0.5, 0.6) is 0 Å². The zero-order chi connectivity index (χ0) is 14.8. The summed E-state index contributed by atoms with van der Waals surface area (Å²) in [5.41, 5.74) is 3.15. The lowest BCUT2D eigenvalue weighted by Gasteiger charge is -2.06. The molecule has 21 heavy (non-hydrogen) atoms. The average molecular weight is 283 g/mol. The summed E-state index contributed by atoms with van der Waals surface area (Å²) in [5.74, 6) is -0.522. The van der Waals surface area contributed by atoms with Crippen LogP contribution in [-0.4, -0.2) is 15.5 Å². The Balaban J connectivity index is 1.73. The molecule has 0 atom stereocenters. The molecule has 0 aliphatic rings. The number of benzene rings is 2. The Morgan fingerprint density at radius 2 is 2.14 bits per heavy atom. The van der Waals surface area contributed by atoms with Gasteiger partial charge >= 0.3 is 0 Å². The van der Waals surface area contributed by atoms with Gasteiger partial charge < -0.3 is 9.88 Å². The number of nitrogens with one attached hydrogen (secondary N) is 1. The number of carbonyl (C=O) groups excluding carboxylic acids is 1. The molecule has 0 bridgehead atoms. The number of hydrogen-bond acceptors (Lipinski definition) is 2. The normalized spacial score (nSPS) is 10.8. The molecule has 3 rings (SSSR count). The number of rotatable bonds is 3. The summed E-state index contributed by atoms with van der Waals surface area (Å²) in [5, 5.41) is 2.80. The van der Waals surface area contributed by atoms with Crippen molar-refractivity contribution in [2.45, 2.75) is 6.42 Å². The highest BCUT2D eigenvalue weighted by Crippen LogP contribution is 2.17. The molecular weight excluding hydrogens is 269 g/mol. The number of aromatic nitrogens is 2. The summed E-state index contributed by atoms with van der Waals surface area (Å²) in [6, 6.07) is 11.6. The number of fused-ring (bicyclic) bond motifs is 1. The van der Waals surface area contributed by atoms with Gasteiger partial charge in [0.15, 0.2) is 0 Å². The molecule has 1 amide bonds. The Labute approximate surface area is 121 Å². The van der Waals surface area contributed by atoms with E-state index in [2.05, 4.69) is 10.3 Å². The molecule has 0 radical (unpaired) electrons. The predicted octanol–water partition coefficient (Wildman–Crippen LogP) is 2.89. The summed E-state index contributed by atoms with van der Waals surface area (Å²) in [4.78, 5) is 16.2. The Hall–Kier alpha value is -2.69. The molecule has 1 heterocycles. The Bertz CT molecular complexity index is 810. The van der Waals surface area contributed by atoms with Crippen LogP contribution in [0.3, 0.4) is 0 Å². The molecule has 4 nitrogen and oxygen atoms in total. The highest BCUT2D eigenvalue weighted by Gasteiger charge is 2.07. The van der Waals surface area contributed by atoms with Crippen molar-refractivity contribution in [3.8, 4) is 0 Å². The van der Waals surface area contributed by atoms with E-state index in [9.17, 15) is 9.18 Å². The molecule has 0 aliphatic carbocycles. The van der Waals surface area contributed by atoms with Gasteiger partial charge in [-0.15, -0.1) is 0 Å². The van der Waals surface area contributed by atoms with Crippen LogP contribution >= 0.6 is 0 Å². The second-order valence-corrected chi connectivity index (χ2v) is 4.91. The van der Waals surface area contributed by atoms with Crippen LogP contribution in [0, 0.1) is 5.82 Å². The van der Waals surface area contributed by atoms with Crippen molar-refractivity contribution in [3.05, 3.63) is 60.2 Å². The van der Waals surface area contributed by atoms with Crippen molar-refractivity contribution < 1.29 is 9.18 Å². The first-order valence-corrected chi connectivity index (χ1v) is 6.57. The smallest absolute Gasteiger partial charge is 0.228 e. The summed E-state index contributed by atoms with van der Waals surface area (Å²) in [6.07, 6.45) is 1.86. The monoisotopic (exact) mass is 283 g/mol. The lowest BCUT2D eigenvalue weighted by atomic mass is 10.1. The molecule has 2 aromatic carbocycles. The lowest BCUT2D eigenvalue weighted by molar-refractivity contribution is -0.115. The third-order valence-corrected chi connectivity index (χ3v) is 3.26. The minimum atomic E-state index is -0.338. The van der Waals surface area contributed by atoms with Crippen molar-refractivity contribution in [1.29, 1.82) is 0 Å². The summed E-state index contributed by atoms with van der Waals surface area (Å²) in [7, 11) is 1.91. The van der Waals surface area contributed by atoms with E-state index < -0.39 is 0 Å². The molecule has 0 spiro atoms. The van der Waals surface area contributed by atoms with Crippen LogP contribution in [0.2, 0.25) is 0 Å². The minimum Gasteiger partial charge on any atom is -0.334 e. The van der Waals surface area contributed by atoms with Gasteiger partial charge in [0.25, 0.3) is 0 Å². The molecule has 1 aromatic heterocycles. The number of anilines is 1. The number of nitrogens with zero attached hydrogens (tertiary/aromatic N) is 2. The number of halogens is 1. The number of hydrogen-bond donors (Lipinski definition) is 1. The van der Waals surface area contributed by atoms with Crippen molar-refractivity contribution in [3.63, 3.8) is 0 Å². The molecule has 3 aromatic rings. The maximum absolute atomic E-state index is 13.1. The SMILES string of the molecule is Cn1cnc2cc(NC(=O)Cc3cccc(F)c3)ccc21. The van der Waals surface area contributed by atoms with Gasteiger partial charge in [-0.05, 0) is 35.9 Å². The Morgan fingerprint density at radius 1 is 1.29 bits per heavy atom. The molecule has 0 saturated heterocycles. The van der Waals surface area contributed by atoms with Gasteiger partial charge in [-0.1, -0.05) is 12.1 Å². The highest BCUT2D eigenvalue weighted by molar-refractivity contribution is 5.94. The zero-order valence-electron chi connectivity index (χ0n) is 11.5. The van der Waals surface area contributed by atoms with Crippen molar-refractivity contribution in [2.24, 2.45) is 7.05 Å². The van der Waals surface area contributed by atoms with Crippen LogP contribution in [0.15, 0.2) is 48.8 Å². The molecule has 0 fully saturated rings. The van der Waals surface area contributed by atoms with Crippen molar-refractivity contribution >= 4 is 22.6 Å². The fourth-order valence-electron chi connectivity index (χ4n) is 2.25. The molecule has 0 saturated carbocycles. The summed E-state index contributed by atoms with van der Waals surface area (Å²) >= 11 is 0. The minimum absolute atomic E-state index is 0.137. The first-order valence-electron chi connectivity index (χ1n) is 6.57. The molecular formula is C16H14FN3O. The summed E-state index contributed by atoms with van der Waals surface area (Å²) < 4.78 is 15.0. The largest absolute Gasteiger partial charge is 0.334 e. The lowest BCUT2D eigenvalue weighted by Crippen LogP contribution is -2.14. The van der Waals surface area contributed by atoms with Gasteiger partial charge in [-0.2, -0.15) is 0 Å². The van der Waals surface area contributed by atoms with E-state index in [1.54, 1.807) is 18.5 Å². The topological polar surface area (TPSA) is 46.9 Å². The number of imidazole rings is 1. The van der Waals surface area contributed by atoms with Crippen molar-refractivity contribution in [2.75, 3.05) is 5.32 Å². The summed E-state index contributed by atoms with van der Waals surface area (Å²) in [6.45, 7) is 0. The third kappa shape index (κ3) is 2.91. The predicted molar refractivity (Wildman–Crippen MR) is 79.4 cm³/mol. The van der Waals surface area contributed by atoms with Gasteiger partial charge in [0.2, 0.25) is 5.91 Å². The third-order valence-electron chi connectivity index (χ3n) is 3.26. The van der Waals surface area contributed by atoms with Gasteiger partial charge in [0.05, 0.1) is 23.8 Å². The second-order valence-electron chi connectivity index (χ2n) is 4.91. The van der Waals surface area contributed by atoms with Crippen LogP contribution in [0.1, 0.15) is 5.56 Å². The van der Waals surface area contributed by atoms with E-state index in [0.717, 1.165) is 11.0 Å². The molecule has 5 heteroatoms. The Kier molecular flexibility index (Phi) is 3.39. The molecule has 106 valence electrons. The maximum Gasteiger partial charge on any atom is 0.228 e. The average Bonchev–Trinajstić information content (AvgIpc) is 2.80. The van der Waals surface area contributed by atoms with E-state index >= 15 is 0 Å². The quantitative estimate of drug-likeness (QED) is 0.803. The molecule has 0 unspecified atom stereocenters. The Morgan fingerprint density at radius 3 is 2.95 bits per heavy atom. The van der Waals surface area contributed by atoms with Gasteiger partial charge in [0, 0.05) is 12.7 Å². The number of aryl methyl sites for hydroxylation is 1. The molecule has 0 aliphatic heterocycles. The van der Waals surface area contributed by atoms with Gasteiger partial charge in [-0.25, -0.2) is 9.37 Å². The highest BCUT2D eigenvalue weighted by atomic mass is 19.1. The fourth-order valence-corrected chi connectivity index (χ4v) is 2.25. The van der Waals surface area contributed by atoms with Crippen LogP contribution in [0.25, 0.3) is 11.0 Å². The standard InChI is InChI=1S/C16H14FN3O/c1-20-10-18-14-9-13(5-6-15(14)20)19-16(21)8-11-3-2-4-12(17)7-11/h2-7,9-10H,8H2,1H3,(H,19,21). The maximum atomic E-state index is 13.1. The molecule has 1 N–H and O–H groups in total.